The van der Waals surface area contributed by atoms with Crippen LogP contribution in [0.15, 0.2) is 78.0 Å². The quantitative estimate of drug-likeness (QED) is 0.304. The summed E-state index contributed by atoms with van der Waals surface area (Å²) in [6.45, 7) is 0. The van der Waals surface area contributed by atoms with Gasteiger partial charge >= 0.3 is 0 Å². The predicted molar refractivity (Wildman–Crippen MR) is 118 cm³/mol. The van der Waals surface area contributed by atoms with E-state index in [0.29, 0.717) is 20.9 Å². The van der Waals surface area contributed by atoms with E-state index in [0.717, 1.165) is 22.2 Å². The first kappa shape index (κ1) is 19.3. The third-order valence-electron chi connectivity index (χ3n) is 4.12. The highest BCUT2D eigenvalue weighted by Crippen LogP contribution is 2.34. The summed E-state index contributed by atoms with van der Waals surface area (Å²) < 4.78 is 1.96. The van der Waals surface area contributed by atoms with Crippen molar-refractivity contribution >= 4 is 46.6 Å². The van der Waals surface area contributed by atoms with Gasteiger partial charge in [-0.1, -0.05) is 89.0 Å². The van der Waals surface area contributed by atoms with Crippen LogP contribution in [0.2, 0.25) is 15.1 Å². The molecule has 0 bridgehead atoms. The molecule has 7 heteroatoms. The van der Waals surface area contributed by atoms with Crippen molar-refractivity contribution in [3.63, 3.8) is 0 Å². The van der Waals surface area contributed by atoms with Crippen molar-refractivity contribution in [1.29, 1.82) is 0 Å². The van der Waals surface area contributed by atoms with Crippen molar-refractivity contribution < 1.29 is 0 Å². The Kier molecular flexibility index (Phi) is 5.93. The molecule has 140 valence electrons. The molecule has 1 aromatic heterocycles. The molecule has 1 heterocycles. The molecule has 3 aromatic carbocycles. The second kappa shape index (κ2) is 8.58. The van der Waals surface area contributed by atoms with Crippen LogP contribution in [-0.4, -0.2) is 14.8 Å². The van der Waals surface area contributed by atoms with E-state index < -0.39 is 0 Å². The molecule has 0 aliphatic heterocycles. The van der Waals surface area contributed by atoms with E-state index in [1.807, 2.05) is 53.1 Å². The van der Waals surface area contributed by atoms with Crippen LogP contribution >= 0.6 is 46.6 Å². The Morgan fingerprint density at radius 1 is 0.750 bits per heavy atom. The second-order valence-electron chi connectivity index (χ2n) is 5.99. The van der Waals surface area contributed by atoms with Crippen molar-refractivity contribution in [2.45, 2.75) is 10.9 Å². The zero-order valence-electron chi connectivity index (χ0n) is 14.5. The van der Waals surface area contributed by atoms with Crippen LogP contribution < -0.4 is 0 Å². The molecule has 0 aliphatic carbocycles. The van der Waals surface area contributed by atoms with Crippen LogP contribution in [0.3, 0.4) is 0 Å². The molecule has 0 atom stereocenters. The van der Waals surface area contributed by atoms with Gasteiger partial charge in [-0.3, -0.25) is 4.57 Å². The number of halogens is 3. The Morgan fingerprint density at radius 2 is 1.50 bits per heavy atom. The van der Waals surface area contributed by atoms with E-state index in [-0.39, 0.29) is 0 Å². The number of hydrogen-bond acceptors (Lipinski definition) is 3. The summed E-state index contributed by atoms with van der Waals surface area (Å²) in [6, 6.07) is 23.2. The van der Waals surface area contributed by atoms with E-state index in [4.69, 9.17) is 34.8 Å². The summed E-state index contributed by atoms with van der Waals surface area (Å²) >= 11 is 20.4. The van der Waals surface area contributed by atoms with Gasteiger partial charge in [0.1, 0.15) is 0 Å². The maximum absolute atomic E-state index is 6.42. The maximum Gasteiger partial charge on any atom is 0.196 e. The summed E-state index contributed by atoms with van der Waals surface area (Å²) in [5.74, 6) is 1.42. The van der Waals surface area contributed by atoms with Crippen LogP contribution in [0.4, 0.5) is 0 Å². The predicted octanol–water partition coefficient (Wildman–Crippen LogP) is 7.19. The van der Waals surface area contributed by atoms with E-state index in [2.05, 4.69) is 22.3 Å². The van der Waals surface area contributed by atoms with Crippen molar-refractivity contribution in [2.24, 2.45) is 0 Å². The average Bonchev–Trinajstić information content (AvgIpc) is 3.13. The Bertz CT molecular complexity index is 1110. The molecule has 0 aliphatic rings. The molecule has 0 fully saturated rings. The van der Waals surface area contributed by atoms with Gasteiger partial charge in [0, 0.05) is 11.3 Å². The molecule has 28 heavy (non-hydrogen) atoms. The highest BCUT2D eigenvalue weighted by molar-refractivity contribution is 7.98. The third-order valence-corrected chi connectivity index (χ3v) is 6.19. The van der Waals surface area contributed by atoms with Crippen LogP contribution in [0.25, 0.3) is 17.1 Å². The van der Waals surface area contributed by atoms with Crippen LogP contribution in [0.1, 0.15) is 5.56 Å². The Hall–Kier alpha value is -1.98. The van der Waals surface area contributed by atoms with Crippen molar-refractivity contribution in [2.75, 3.05) is 0 Å². The summed E-state index contributed by atoms with van der Waals surface area (Å²) in [4.78, 5) is 0. The molecule has 4 aromatic rings. The fourth-order valence-electron chi connectivity index (χ4n) is 2.76. The lowest BCUT2D eigenvalue weighted by atomic mass is 10.2. The summed E-state index contributed by atoms with van der Waals surface area (Å²) in [5, 5.41) is 11.2. The third kappa shape index (κ3) is 4.06. The summed E-state index contributed by atoms with van der Waals surface area (Å²) in [5.41, 5.74) is 2.83. The van der Waals surface area contributed by atoms with E-state index in [1.165, 1.54) is 5.56 Å². The number of benzene rings is 3. The van der Waals surface area contributed by atoms with E-state index >= 15 is 0 Å². The first-order valence-corrected chi connectivity index (χ1v) is 10.6. The highest BCUT2D eigenvalue weighted by Gasteiger charge is 2.18. The first-order chi connectivity index (χ1) is 13.6. The average molecular weight is 447 g/mol. The van der Waals surface area contributed by atoms with Gasteiger partial charge in [0.2, 0.25) is 0 Å². The summed E-state index contributed by atoms with van der Waals surface area (Å²) in [6.07, 6.45) is 0. The minimum Gasteiger partial charge on any atom is -0.270 e. The molecule has 0 saturated heterocycles. The van der Waals surface area contributed by atoms with Crippen LogP contribution in [0.5, 0.6) is 0 Å². The Balaban J connectivity index is 1.80. The standard InChI is InChI=1S/C21H14Cl3N3S/c22-17-9-5-4-8-16(17)20-25-26-21(28-13-14-6-2-1-3-7-14)27(20)15-10-11-18(23)19(24)12-15/h1-12H,13H2. The highest BCUT2D eigenvalue weighted by atomic mass is 35.5. The van der Waals surface area contributed by atoms with E-state index in [1.54, 1.807) is 23.9 Å². The monoisotopic (exact) mass is 445 g/mol. The first-order valence-electron chi connectivity index (χ1n) is 8.46. The van der Waals surface area contributed by atoms with Gasteiger partial charge in [-0.2, -0.15) is 0 Å². The fourth-order valence-corrected chi connectivity index (χ4v) is 4.18. The van der Waals surface area contributed by atoms with Crippen LogP contribution in [0, 0.1) is 0 Å². The number of thioether (sulfide) groups is 1. The van der Waals surface area contributed by atoms with E-state index in [9.17, 15) is 0 Å². The zero-order chi connectivity index (χ0) is 19.5. The van der Waals surface area contributed by atoms with Gasteiger partial charge in [0.25, 0.3) is 0 Å². The van der Waals surface area contributed by atoms with Crippen molar-refractivity contribution in [3.8, 4) is 17.1 Å². The molecule has 4 rings (SSSR count). The minimum absolute atomic E-state index is 0.469. The number of aromatic nitrogens is 3. The number of rotatable bonds is 5. The van der Waals surface area contributed by atoms with Gasteiger partial charge in [0.05, 0.1) is 20.8 Å². The number of nitrogens with zero attached hydrogens (tertiary/aromatic N) is 3. The largest absolute Gasteiger partial charge is 0.270 e. The molecule has 3 nitrogen and oxygen atoms in total. The molecule has 0 unspecified atom stereocenters. The molecule has 0 spiro atoms. The smallest absolute Gasteiger partial charge is 0.196 e. The zero-order valence-corrected chi connectivity index (χ0v) is 17.6. The van der Waals surface area contributed by atoms with Crippen molar-refractivity contribution in [1.82, 2.24) is 14.8 Å². The number of hydrogen-bond donors (Lipinski definition) is 0. The van der Waals surface area contributed by atoms with Gasteiger partial charge in [-0.05, 0) is 35.9 Å². The molecule has 0 amide bonds. The Labute approximate surface area is 182 Å². The topological polar surface area (TPSA) is 30.7 Å². The molecular weight excluding hydrogens is 433 g/mol. The molecular formula is C21H14Cl3N3S. The second-order valence-corrected chi connectivity index (χ2v) is 8.16. The molecule has 0 radical (unpaired) electrons. The maximum atomic E-state index is 6.42. The lowest BCUT2D eigenvalue weighted by molar-refractivity contribution is 0.886. The lowest BCUT2D eigenvalue weighted by Gasteiger charge is -2.12. The van der Waals surface area contributed by atoms with Crippen molar-refractivity contribution in [3.05, 3.63) is 93.4 Å². The SMILES string of the molecule is Clc1ccc(-n2c(SCc3ccccc3)nnc2-c2ccccc2Cl)cc1Cl. The summed E-state index contributed by atoms with van der Waals surface area (Å²) in [7, 11) is 0. The van der Waals surface area contributed by atoms with Gasteiger partial charge in [0.15, 0.2) is 11.0 Å². The molecule has 0 saturated carbocycles. The van der Waals surface area contributed by atoms with Gasteiger partial charge < -0.3 is 0 Å². The van der Waals surface area contributed by atoms with Gasteiger partial charge in [-0.15, -0.1) is 10.2 Å². The van der Waals surface area contributed by atoms with Gasteiger partial charge in [-0.25, -0.2) is 0 Å². The minimum atomic E-state index is 0.469. The fraction of sp³-hybridized carbons (Fsp3) is 0.0476. The van der Waals surface area contributed by atoms with Crippen LogP contribution in [-0.2, 0) is 5.75 Å². The molecule has 0 N–H and O–H groups in total. The Morgan fingerprint density at radius 3 is 2.25 bits per heavy atom. The lowest BCUT2D eigenvalue weighted by Crippen LogP contribution is -2.00. The normalized spacial score (nSPS) is 11.0.